The van der Waals surface area contributed by atoms with Gasteiger partial charge in [0.05, 0.1) is 0 Å². The molecule has 0 atom stereocenters. The Morgan fingerprint density at radius 2 is 2.19 bits per heavy atom. The van der Waals surface area contributed by atoms with E-state index in [1.54, 1.807) is 0 Å². The number of rotatable bonds is 9. The molecule has 0 aromatic carbocycles. The van der Waals surface area contributed by atoms with E-state index in [1.807, 2.05) is 29.7 Å². The van der Waals surface area contributed by atoms with E-state index in [-0.39, 0.29) is 0 Å². The van der Waals surface area contributed by atoms with Crippen LogP contribution in [0.5, 0.6) is 0 Å². The maximum atomic E-state index is 4.15. The molecule has 92 valence electrons. The molecular formula is C12H23N3S. The second-order valence-corrected chi connectivity index (χ2v) is 4.99. The van der Waals surface area contributed by atoms with Crippen LogP contribution >= 0.6 is 11.8 Å². The fourth-order valence-corrected chi connectivity index (χ4v) is 2.15. The average molecular weight is 241 g/mol. The smallest absolute Gasteiger partial charge is 0.0492 e. The van der Waals surface area contributed by atoms with Crippen molar-refractivity contribution in [2.24, 2.45) is 7.05 Å². The van der Waals surface area contributed by atoms with Crippen LogP contribution in [-0.4, -0.2) is 34.9 Å². The summed E-state index contributed by atoms with van der Waals surface area (Å²) in [6, 6.07) is 2.08. The quantitative estimate of drug-likeness (QED) is 0.671. The zero-order valence-corrected chi connectivity index (χ0v) is 11.2. The van der Waals surface area contributed by atoms with E-state index < -0.39 is 0 Å². The SMILES string of the molecule is CSCCCCCNCCc1ccnn1C. The summed E-state index contributed by atoms with van der Waals surface area (Å²) in [7, 11) is 2.00. The number of unbranched alkanes of at least 4 members (excludes halogenated alkanes) is 2. The van der Waals surface area contributed by atoms with Crippen LogP contribution in [0.3, 0.4) is 0 Å². The van der Waals surface area contributed by atoms with Gasteiger partial charge in [0.15, 0.2) is 0 Å². The van der Waals surface area contributed by atoms with Crippen molar-refractivity contribution < 1.29 is 0 Å². The van der Waals surface area contributed by atoms with Crippen molar-refractivity contribution in [1.82, 2.24) is 15.1 Å². The largest absolute Gasteiger partial charge is 0.316 e. The first-order valence-electron chi connectivity index (χ1n) is 6.01. The van der Waals surface area contributed by atoms with Crippen molar-refractivity contribution >= 4 is 11.8 Å². The molecule has 4 heteroatoms. The van der Waals surface area contributed by atoms with E-state index in [4.69, 9.17) is 0 Å². The van der Waals surface area contributed by atoms with E-state index in [0.29, 0.717) is 0 Å². The van der Waals surface area contributed by atoms with Crippen molar-refractivity contribution in [3.8, 4) is 0 Å². The van der Waals surface area contributed by atoms with Crippen molar-refractivity contribution in [2.75, 3.05) is 25.1 Å². The van der Waals surface area contributed by atoms with Crippen LogP contribution in [0.1, 0.15) is 25.0 Å². The zero-order valence-electron chi connectivity index (χ0n) is 10.4. The summed E-state index contributed by atoms with van der Waals surface area (Å²) in [5.41, 5.74) is 1.30. The third kappa shape index (κ3) is 5.56. The van der Waals surface area contributed by atoms with Crippen molar-refractivity contribution in [1.29, 1.82) is 0 Å². The number of nitrogens with zero attached hydrogens (tertiary/aromatic N) is 2. The van der Waals surface area contributed by atoms with Gasteiger partial charge < -0.3 is 5.32 Å². The highest BCUT2D eigenvalue weighted by atomic mass is 32.2. The van der Waals surface area contributed by atoms with Gasteiger partial charge in [-0.15, -0.1) is 0 Å². The predicted molar refractivity (Wildman–Crippen MR) is 72.0 cm³/mol. The minimum absolute atomic E-state index is 1.06. The summed E-state index contributed by atoms with van der Waals surface area (Å²) in [5, 5.41) is 7.63. The molecule has 1 aromatic heterocycles. The van der Waals surface area contributed by atoms with Gasteiger partial charge in [-0.05, 0) is 37.5 Å². The van der Waals surface area contributed by atoms with Gasteiger partial charge in [0.25, 0.3) is 0 Å². The minimum Gasteiger partial charge on any atom is -0.316 e. The van der Waals surface area contributed by atoms with Crippen molar-refractivity contribution in [3.05, 3.63) is 18.0 Å². The molecule has 0 radical (unpaired) electrons. The first kappa shape index (κ1) is 13.6. The molecular weight excluding hydrogens is 218 g/mol. The summed E-state index contributed by atoms with van der Waals surface area (Å²) in [6.45, 7) is 2.20. The highest BCUT2D eigenvalue weighted by molar-refractivity contribution is 7.98. The first-order chi connectivity index (χ1) is 7.84. The molecule has 0 aliphatic rings. The van der Waals surface area contributed by atoms with Crippen LogP contribution in [0.25, 0.3) is 0 Å². The second kappa shape index (κ2) is 8.65. The molecule has 0 spiro atoms. The lowest BCUT2D eigenvalue weighted by molar-refractivity contribution is 0.603. The van der Waals surface area contributed by atoms with Crippen LogP contribution in [-0.2, 0) is 13.5 Å². The summed E-state index contributed by atoms with van der Waals surface area (Å²) < 4.78 is 1.94. The molecule has 0 amide bonds. The fraction of sp³-hybridized carbons (Fsp3) is 0.750. The molecule has 0 aliphatic carbocycles. The maximum absolute atomic E-state index is 4.15. The Balaban J connectivity index is 1.91. The number of hydrogen-bond acceptors (Lipinski definition) is 3. The summed E-state index contributed by atoms with van der Waals surface area (Å²) in [5.74, 6) is 1.30. The second-order valence-electron chi connectivity index (χ2n) is 4.00. The molecule has 0 bridgehead atoms. The number of hydrogen-bond donors (Lipinski definition) is 1. The summed E-state index contributed by atoms with van der Waals surface area (Å²) in [6.07, 6.45) is 9.10. The van der Waals surface area contributed by atoms with Crippen LogP contribution in [0, 0.1) is 0 Å². The average Bonchev–Trinajstić information content (AvgIpc) is 2.68. The van der Waals surface area contributed by atoms with Gasteiger partial charge in [-0.25, -0.2) is 0 Å². The molecule has 1 aromatic rings. The van der Waals surface area contributed by atoms with Crippen LogP contribution < -0.4 is 5.32 Å². The molecule has 0 saturated heterocycles. The molecule has 3 nitrogen and oxygen atoms in total. The van der Waals surface area contributed by atoms with Gasteiger partial charge in [-0.2, -0.15) is 16.9 Å². The highest BCUT2D eigenvalue weighted by Crippen LogP contribution is 2.01. The Bertz CT molecular complexity index is 273. The lowest BCUT2D eigenvalue weighted by Gasteiger charge is -2.05. The van der Waals surface area contributed by atoms with Crippen LogP contribution in [0.2, 0.25) is 0 Å². The van der Waals surface area contributed by atoms with E-state index in [0.717, 1.165) is 19.5 Å². The van der Waals surface area contributed by atoms with Gasteiger partial charge in [-0.1, -0.05) is 6.42 Å². The van der Waals surface area contributed by atoms with Crippen LogP contribution in [0.4, 0.5) is 0 Å². The van der Waals surface area contributed by atoms with Gasteiger partial charge in [0, 0.05) is 31.9 Å². The molecule has 0 fully saturated rings. The van der Waals surface area contributed by atoms with Gasteiger partial charge in [-0.3, -0.25) is 4.68 Å². The fourth-order valence-electron chi connectivity index (χ4n) is 1.66. The molecule has 0 unspecified atom stereocenters. The highest BCUT2D eigenvalue weighted by Gasteiger charge is 1.97. The molecule has 1 heterocycles. The van der Waals surface area contributed by atoms with Gasteiger partial charge in [0.1, 0.15) is 0 Å². The zero-order chi connectivity index (χ0) is 11.6. The van der Waals surface area contributed by atoms with E-state index >= 15 is 0 Å². The van der Waals surface area contributed by atoms with Gasteiger partial charge in [0.2, 0.25) is 0 Å². The van der Waals surface area contributed by atoms with E-state index in [1.165, 1.54) is 30.7 Å². The Hall–Kier alpha value is -0.480. The Labute approximate surface area is 103 Å². The van der Waals surface area contributed by atoms with Gasteiger partial charge >= 0.3 is 0 Å². The maximum Gasteiger partial charge on any atom is 0.0492 e. The van der Waals surface area contributed by atoms with Crippen LogP contribution in [0.15, 0.2) is 12.3 Å². The molecule has 1 rings (SSSR count). The van der Waals surface area contributed by atoms with E-state index in [2.05, 4.69) is 22.7 Å². The minimum atomic E-state index is 1.06. The molecule has 0 saturated carbocycles. The monoisotopic (exact) mass is 241 g/mol. The molecule has 16 heavy (non-hydrogen) atoms. The topological polar surface area (TPSA) is 29.9 Å². The summed E-state index contributed by atoms with van der Waals surface area (Å²) in [4.78, 5) is 0. The van der Waals surface area contributed by atoms with E-state index in [9.17, 15) is 0 Å². The number of nitrogens with one attached hydrogen (secondary N) is 1. The number of thioether (sulfide) groups is 1. The Morgan fingerprint density at radius 3 is 2.88 bits per heavy atom. The normalized spacial score (nSPS) is 10.9. The standard InChI is InChI=1S/C12H23N3S/c1-15-12(7-10-14-15)6-9-13-8-4-3-5-11-16-2/h7,10,13H,3-6,8-9,11H2,1-2H3. The predicted octanol–water partition coefficient (Wildman–Crippen LogP) is 2.09. The molecule has 1 N–H and O–H groups in total. The lowest BCUT2D eigenvalue weighted by Crippen LogP contribution is -2.19. The third-order valence-corrected chi connectivity index (χ3v) is 3.38. The number of aryl methyl sites for hydroxylation is 1. The Kier molecular flexibility index (Phi) is 7.34. The summed E-state index contributed by atoms with van der Waals surface area (Å²) >= 11 is 1.94. The van der Waals surface area contributed by atoms with Crippen molar-refractivity contribution in [2.45, 2.75) is 25.7 Å². The molecule has 0 aliphatic heterocycles. The lowest BCUT2D eigenvalue weighted by atomic mass is 10.2. The van der Waals surface area contributed by atoms with Crippen molar-refractivity contribution in [3.63, 3.8) is 0 Å². The number of aromatic nitrogens is 2. The Morgan fingerprint density at radius 1 is 1.31 bits per heavy atom. The third-order valence-electron chi connectivity index (χ3n) is 2.68. The first-order valence-corrected chi connectivity index (χ1v) is 7.40.